The maximum atomic E-state index is 12.1. The van der Waals surface area contributed by atoms with Gasteiger partial charge < -0.3 is 10.1 Å². The van der Waals surface area contributed by atoms with E-state index in [1.54, 1.807) is 13.8 Å². The topological polar surface area (TPSA) is 101 Å². The minimum absolute atomic E-state index is 0.0736. The number of rotatable bonds is 4. The number of fused-ring (bicyclic) bond motifs is 1. The Labute approximate surface area is 131 Å². The highest BCUT2D eigenvalue weighted by atomic mass is 16.5. The molecule has 8 heteroatoms. The van der Waals surface area contributed by atoms with E-state index in [4.69, 9.17) is 4.74 Å². The van der Waals surface area contributed by atoms with Crippen LogP contribution >= 0.6 is 0 Å². The number of aryl methyl sites for hydroxylation is 1. The summed E-state index contributed by atoms with van der Waals surface area (Å²) >= 11 is 0. The van der Waals surface area contributed by atoms with E-state index in [0.29, 0.717) is 11.6 Å². The molecule has 1 aromatic carbocycles. The van der Waals surface area contributed by atoms with E-state index in [-0.39, 0.29) is 17.9 Å². The summed E-state index contributed by atoms with van der Waals surface area (Å²) in [4.78, 5) is 30.7. The number of benzene rings is 1. The molecule has 0 bridgehead atoms. The van der Waals surface area contributed by atoms with E-state index in [1.165, 1.54) is 4.52 Å². The van der Waals surface area contributed by atoms with Crippen LogP contribution in [-0.2, 0) is 4.74 Å². The number of anilines is 2. The van der Waals surface area contributed by atoms with Crippen molar-refractivity contribution in [3.63, 3.8) is 0 Å². The molecule has 0 fully saturated rings. The summed E-state index contributed by atoms with van der Waals surface area (Å²) in [5.74, 6) is -0.115. The number of nitrogens with one attached hydrogen (secondary N) is 2. The van der Waals surface area contributed by atoms with Gasteiger partial charge in [0.25, 0.3) is 5.56 Å². The average Bonchev–Trinajstić information content (AvgIpc) is 2.91. The van der Waals surface area contributed by atoms with Crippen LogP contribution < -0.4 is 10.9 Å². The number of nitrogens with zero attached hydrogens (tertiary/aromatic N) is 3. The third-order valence-corrected chi connectivity index (χ3v) is 3.25. The predicted molar refractivity (Wildman–Crippen MR) is 84.0 cm³/mol. The first-order chi connectivity index (χ1) is 11.1. The molecule has 2 N–H and O–H groups in total. The monoisotopic (exact) mass is 313 g/mol. The minimum atomic E-state index is -0.679. The SMILES string of the molecule is CCOC(=O)c1c(C)n2nc(Nc3ccccc3)nc2[nH]c1=O. The molecule has 0 atom stereocenters. The zero-order valence-corrected chi connectivity index (χ0v) is 12.7. The molecule has 0 aliphatic carbocycles. The Morgan fingerprint density at radius 2 is 2.09 bits per heavy atom. The Morgan fingerprint density at radius 3 is 2.78 bits per heavy atom. The van der Waals surface area contributed by atoms with Gasteiger partial charge in [-0.05, 0) is 26.0 Å². The Kier molecular flexibility index (Phi) is 3.80. The van der Waals surface area contributed by atoms with E-state index in [9.17, 15) is 9.59 Å². The average molecular weight is 313 g/mol. The third-order valence-electron chi connectivity index (χ3n) is 3.25. The lowest BCUT2D eigenvalue weighted by atomic mass is 10.2. The molecule has 0 saturated heterocycles. The van der Waals surface area contributed by atoms with Crippen LogP contribution in [-0.4, -0.2) is 32.2 Å². The number of carbonyl (C=O) groups excluding carboxylic acids is 1. The summed E-state index contributed by atoms with van der Waals surface area (Å²) in [5, 5.41) is 7.30. The van der Waals surface area contributed by atoms with Crippen molar-refractivity contribution in [1.29, 1.82) is 0 Å². The van der Waals surface area contributed by atoms with Gasteiger partial charge >= 0.3 is 5.97 Å². The van der Waals surface area contributed by atoms with Crippen LogP contribution in [0.2, 0.25) is 0 Å². The molecule has 8 nitrogen and oxygen atoms in total. The normalized spacial score (nSPS) is 10.7. The molecule has 0 radical (unpaired) electrons. The van der Waals surface area contributed by atoms with Crippen LogP contribution in [0.1, 0.15) is 23.0 Å². The van der Waals surface area contributed by atoms with Crippen molar-refractivity contribution < 1.29 is 9.53 Å². The Bertz CT molecular complexity index is 914. The smallest absolute Gasteiger partial charge is 0.345 e. The maximum Gasteiger partial charge on any atom is 0.345 e. The molecule has 3 rings (SSSR count). The summed E-state index contributed by atoms with van der Waals surface area (Å²) in [6.45, 7) is 3.49. The lowest BCUT2D eigenvalue weighted by Gasteiger charge is -2.05. The van der Waals surface area contributed by atoms with Crippen molar-refractivity contribution in [2.24, 2.45) is 0 Å². The van der Waals surface area contributed by atoms with Crippen molar-refractivity contribution in [2.45, 2.75) is 13.8 Å². The highest BCUT2D eigenvalue weighted by Gasteiger charge is 2.20. The van der Waals surface area contributed by atoms with Crippen LogP contribution in [0.4, 0.5) is 11.6 Å². The maximum absolute atomic E-state index is 12.1. The van der Waals surface area contributed by atoms with E-state index in [0.717, 1.165) is 5.69 Å². The molecule has 2 heterocycles. The van der Waals surface area contributed by atoms with Gasteiger partial charge in [-0.2, -0.15) is 4.98 Å². The molecule has 118 valence electrons. The lowest BCUT2D eigenvalue weighted by Crippen LogP contribution is -2.24. The van der Waals surface area contributed by atoms with Gasteiger partial charge in [0.1, 0.15) is 5.56 Å². The quantitative estimate of drug-likeness (QED) is 0.710. The molecular formula is C15H15N5O3. The molecular weight excluding hydrogens is 298 g/mol. The van der Waals surface area contributed by atoms with E-state index in [1.807, 2.05) is 30.3 Å². The van der Waals surface area contributed by atoms with Gasteiger partial charge in [0.05, 0.1) is 12.3 Å². The zero-order chi connectivity index (χ0) is 16.4. The van der Waals surface area contributed by atoms with Gasteiger partial charge in [0.2, 0.25) is 11.7 Å². The predicted octanol–water partition coefficient (Wildman–Crippen LogP) is 1.65. The molecule has 23 heavy (non-hydrogen) atoms. The molecule has 2 aromatic heterocycles. The lowest BCUT2D eigenvalue weighted by molar-refractivity contribution is 0.0522. The van der Waals surface area contributed by atoms with Crippen LogP contribution in [0, 0.1) is 6.92 Å². The van der Waals surface area contributed by atoms with Crippen LogP contribution in [0.5, 0.6) is 0 Å². The molecule has 0 aliphatic rings. The number of carbonyl (C=O) groups is 1. The summed E-state index contributed by atoms with van der Waals surface area (Å²) in [7, 11) is 0. The highest BCUT2D eigenvalue weighted by Crippen LogP contribution is 2.14. The first-order valence-corrected chi connectivity index (χ1v) is 7.09. The molecule has 0 amide bonds. The van der Waals surface area contributed by atoms with Crippen LogP contribution in [0.3, 0.4) is 0 Å². The summed E-state index contributed by atoms with van der Waals surface area (Å²) in [6, 6.07) is 9.39. The third kappa shape index (κ3) is 2.78. The molecule has 0 spiro atoms. The van der Waals surface area contributed by atoms with Crippen molar-refractivity contribution >= 4 is 23.4 Å². The first-order valence-electron chi connectivity index (χ1n) is 7.09. The number of H-pyrrole nitrogens is 1. The Morgan fingerprint density at radius 1 is 1.35 bits per heavy atom. The second kappa shape index (κ2) is 5.91. The van der Waals surface area contributed by atoms with Gasteiger partial charge in [-0.3, -0.25) is 9.78 Å². The Balaban J connectivity index is 2.05. The van der Waals surface area contributed by atoms with Crippen molar-refractivity contribution in [2.75, 3.05) is 11.9 Å². The highest BCUT2D eigenvalue weighted by molar-refractivity contribution is 5.90. The van der Waals surface area contributed by atoms with E-state index >= 15 is 0 Å². The summed E-state index contributed by atoms with van der Waals surface area (Å²) in [6.07, 6.45) is 0. The van der Waals surface area contributed by atoms with Gasteiger partial charge in [-0.1, -0.05) is 18.2 Å². The van der Waals surface area contributed by atoms with E-state index < -0.39 is 11.5 Å². The number of ether oxygens (including phenoxy) is 1. The number of hydrogen-bond acceptors (Lipinski definition) is 6. The number of esters is 1. The molecule has 0 unspecified atom stereocenters. The number of hydrogen-bond donors (Lipinski definition) is 2. The van der Waals surface area contributed by atoms with Gasteiger partial charge in [0, 0.05) is 5.69 Å². The van der Waals surface area contributed by atoms with Crippen molar-refractivity contribution in [3.05, 3.63) is 51.9 Å². The Hall–Kier alpha value is -3.16. The fourth-order valence-corrected chi connectivity index (χ4v) is 2.21. The number of aromatic nitrogens is 4. The fourth-order valence-electron chi connectivity index (χ4n) is 2.21. The van der Waals surface area contributed by atoms with Crippen LogP contribution in [0.25, 0.3) is 5.78 Å². The van der Waals surface area contributed by atoms with Crippen molar-refractivity contribution in [1.82, 2.24) is 19.6 Å². The first kappa shape index (κ1) is 14.8. The summed E-state index contributed by atoms with van der Waals surface area (Å²) in [5.41, 5.74) is 0.562. The molecule has 3 aromatic rings. The molecule has 0 aliphatic heterocycles. The fraction of sp³-hybridized carbons (Fsp3) is 0.200. The van der Waals surface area contributed by atoms with E-state index in [2.05, 4.69) is 20.4 Å². The second-order valence-electron chi connectivity index (χ2n) is 4.80. The van der Waals surface area contributed by atoms with Gasteiger partial charge in [-0.25, -0.2) is 9.31 Å². The van der Waals surface area contributed by atoms with Crippen molar-refractivity contribution in [3.8, 4) is 0 Å². The largest absolute Gasteiger partial charge is 0.462 e. The standard InChI is InChI=1S/C15H15N5O3/c1-3-23-13(22)11-9(2)20-15(17-12(11)21)18-14(19-20)16-10-7-5-4-6-8-10/h4-8H,3H2,1-2H3,(H2,16,17,18,19,21). The van der Waals surface area contributed by atoms with Gasteiger partial charge in [0.15, 0.2) is 0 Å². The summed E-state index contributed by atoms with van der Waals surface area (Å²) < 4.78 is 6.31. The number of aromatic amines is 1. The number of para-hydroxylation sites is 1. The molecule has 0 saturated carbocycles. The van der Waals surface area contributed by atoms with Crippen LogP contribution in [0.15, 0.2) is 35.1 Å². The second-order valence-corrected chi connectivity index (χ2v) is 4.80. The minimum Gasteiger partial charge on any atom is -0.462 e. The van der Waals surface area contributed by atoms with Gasteiger partial charge in [-0.15, -0.1) is 5.10 Å². The zero-order valence-electron chi connectivity index (χ0n) is 12.7.